The van der Waals surface area contributed by atoms with Gasteiger partial charge in [0.05, 0.1) is 17.6 Å². The first-order valence-electron chi connectivity index (χ1n) is 4.85. The van der Waals surface area contributed by atoms with Crippen LogP contribution in [0.1, 0.15) is 13.8 Å². The molecule has 0 aromatic heterocycles. The molecule has 0 saturated heterocycles. The number of nitrogens with two attached hydrogens (primary N) is 1. The number of ether oxygens (including phenoxy) is 1. The Balaban J connectivity index is 4.37. The third kappa shape index (κ3) is 6.33. The topological polar surface area (TPSA) is 93.4 Å². The van der Waals surface area contributed by atoms with Crippen molar-refractivity contribution in [1.29, 1.82) is 0 Å². The highest BCUT2D eigenvalue weighted by Gasteiger charge is 2.22. The van der Waals surface area contributed by atoms with E-state index in [1.165, 1.54) is 7.11 Å². The van der Waals surface area contributed by atoms with Gasteiger partial charge in [-0.3, -0.25) is 0 Å². The maximum atomic E-state index is 11.5. The van der Waals surface area contributed by atoms with Gasteiger partial charge in [0.2, 0.25) is 0 Å². The van der Waals surface area contributed by atoms with Gasteiger partial charge in [0, 0.05) is 13.7 Å². The van der Waals surface area contributed by atoms with Gasteiger partial charge in [0.15, 0.2) is 0 Å². The predicted molar refractivity (Wildman–Crippen MR) is 67.3 cm³/mol. The van der Waals surface area contributed by atoms with E-state index >= 15 is 0 Å². The van der Waals surface area contributed by atoms with Crippen molar-refractivity contribution in [2.24, 2.45) is 11.7 Å². The monoisotopic (exact) mass is 269 g/mol. The van der Waals surface area contributed by atoms with Gasteiger partial charge < -0.3 is 10.5 Å². The highest BCUT2D eigenvalue weighted by Crippen LogP contribution is 2.02. The molecule has 0 aliphatic carbocycles. The molecule has 0 amide bonds. The van der Waals surface area contributed by atoms with Crippen LogP contribution in [0.25, 0.3) is 0 Å². The molecule has 0 rings (SSSR count). The summed E-state index contributed by atoms with van der Waals surface area (Å²) >= 11 is 4.79. The summed E-state index contributed by atoms with van der Waals surface area (Å²) in [4.78, 5) is 0.132. The molecule has 8 heteroatoms. The summed E-state index contributed by atoms with van der Waals surface area (Å²) in [5, 5.41) is 0. The zero-order valence-corrected chi connectivity index (χ0v) is 11.3. The molecule has 1 unspecified atom stereocenters. The van der Waals surface area contributed by atoms with E-state index in [2.05, 4.69) is 9.44 Å². The van der Waals surface area contributed by atoms with Crippen LogP contribution in [0.3, 0.4) is 0 Å². The number of hydrogen-bond acceptors (Lipinski definition) is 4. The minimum atomic E-state index is -3.59. The largest absolute Gasteiger partial charge is 0.392 e. The second-order valence-electron chi connectivity index (χ2n) is 3.63. The Morgan fingerprint density at radius 2 is 2.06 bits per heavy atom. The summed E-state index contributed by atoms with van der Waals surface area (Å²) in [5.74, 6) is -0.00324. The van der Waals surface area contributed by atoms with Gasteiger partial charge in [-0.2, -0.15) is 17.9 Å². The van der Waals surface area contributed by atoms with Crippen molar-refractivity contribution in [3.05, 3.63) is 0 Å². The molecule has 0 saturated carbocycles. The molecule has 4 N–H and O–H groups in total. The molecule has 6 nitrogen and oxygen atoms in total. The van der Waals surface area contributed by atoms with Gasteiger partial charge in [-0.15, -0.1) is 0 Å². The quantitative estimate of drug-likeness (QED) is 0.403. The fourth-order valence-corrected chi connectivity index (χ4v) is 2.58. The molecule has 1 atom stereocenters. The van der Waals surface area contributed by atoms with Gasteiger partial charge in [-0.1, -0.05) is 26.1 Å². The number of thiocarbonyl (C=S) groups is 1. The summed E-state index contributed by atoms with van der Waals surface area (Å²) in [5.41, 5.74) is 5.45. The molecule has 0 bridgehead atoms. The Labute approximate surface area is 102 Å². The first-order chi connectivity index (χ1) is 7.30. The highest BCUT2D eigenvalue weighted by molar-refractivity contribution is 7.87. The van der Waals surface area contributed by atoms with Crippen LogP contribution >= 0.6 is 12.2 Å². The molecule has 0 aromatic rings. The van der Waals surface area contributed by atoms with Crippen LogP contribution in [-0.2, 0) is 14.9 Å². The predicted octanol–water partition coefficient (Wildman–Crippen LogP) is -0.632. The molecular formula is C8H19N3O3S2. The van der Waals surface area contributed by atoms with Crippen LogP contribution < -0.4 is 15.2 Å². The lowest BCUT2D eigenvalue weighted by Crippen LogP contribution is -2.51. The fraction of sp³-hybridized carbons (Fsp3) is 0.875. The lowest BCUT2D eigenvalue weighted by Gasteiger charge is -2.20. The van der Waals surface area contributed by atoms with Crippen molar-refractivity contribution < 1.29 is 13.2 Å². The summed E-state index contributed by atoms with van der Waals surface area (Å²) in [7, 11) is -2.10. The minimum absolute atomic E-state index is 0.00324. The second-order valence-corrected chi connectivity index (χ2v) is 5.64. The van der Waals surface area contributed by atoms with Gasteiger partial charge in [-0.25, -0.2) is 0 Å². The van der Waals surface area contributed by atoms with Crippen molar-refractivity contribution in [1.82, 2.24) is 9.44 Å². The zero-order chi connectivity index (χ0) is 12.8. The summed E-state index contributed by atoms with van der Waals surface area (Å²) in [6, 6.07) is -0.546. The van der Waals surface area contributed by atoms with Crippen LogP contribution in [-0.4, -0.2) is 39.7 Å². The smallest absolute Gasteiger partial charge is 0.277 e. The van der Waals surface area contributed by atoms with Crippen molar-refractivity contribution >= 4 is 27.4 Å². The van der Waals surface area contributed by atoms with Crippen LogP contribution in [0.15, 0.2) is 0 Å². The average Bonchev–Trinajstić information content (AvgIpc) is 2.13. The van der Waals surface area contributed by atoms with E-state index in [0.29, 0.717) is 6.61 Å². The average molecular weight is 269 g/mol. The first kappa shape index (κ1) is 15.7. The Bertz CT molecular complexity index is 316. The van der Waals surface area contributed by atoms with Crippen molar-refractivity contribution in [2.45, 2.75) is 19.9 Å². The first-order valence-corrected chi connectivity index (χ1v) is 6.74. The van der Waals surface area contributed by atoms with Crippen LogP contribution in [0.5, 0.6) is 0 Å². The molecule has 0 heterocycles. The van der Waals surface area contributed by atoms with Crippen LogP contribution in [0.2, 0.25) is 0 Å². The summed E-state index contributed by atoms with van der Waals surface area (Å²) < 4.78 is 32.5. The van der Waals surface area contributed by atoms with E-state index in [-0.39, 0.29) is 17.5 Å². The SMILES string of the molecule is COCCNS(=O)(=O)NC(C(N)=S)C(C)C. The van der Waals surface area contributed by atoms with Gasteiger partial charge >= 0.3 is 0 Å². The lowest BCUT2D eigenvalue weighted by atomic mass is 10.1. The van der Waals surface area contributed by atoms with E-state index in [4.69, 9.17) is 22.7 Å². The van der Waals surface area contributed by atoms with Crippen molar-refractivity contribution in [2.75, 3.05) is 20.3 Å². The molecule has 16 heavy (non-hydrogen) atoms. The van der Waals surface area contributed by atoms with E-state index in [0.717, 1.165) is 0 Å². The second kappa shape index (κ2) is 7.13. The van der Waals surface area contributed by atoms with E-state index in [1.807, 2.05) is 13.8 Å². The maximum absolute atomic E-state index is 11.5. The Hall–Kier alpha value is -0.280. The molecule has 0 spiro atoms. The molecule has 0 radical (unpaired) electrons. The van der Waals surface area contributed by atoms with E-state index < -0.39 is 16.3 Å². The molecule has 0 aliphatic heterocycles. The fourth-order valence-electron chi connectivity index (χ4n) is 1.01. The zero-order valence-electron chi connectivity index (χ0n) is 9.69. The van der Waals surface area contributed by atoms with Crippen molar-refractivity contribution in [3.8, 4) is 0 Å². The Morgan fingerprint density at radius 1 is 1.50 bits per heavy atom. The van der Waals surface area contributed by atoms with E-state index in [9.17, 15) is 8.42 Å². The molecular weight excluding hydrogens is 250 g/mol. The Kier molecular flexibility index (Phi) is 7.00. The van der Waals surface area contributed by atoms with Gasteiger partial charge in [-0.05, 0) is 5.92 Å². The lowest BCUT2D eigenvalue weighted by molar-refractivity contribution is 0.204. The highest BCUT2D eigenvalue weighted by atomic mass is 32.2. The maximum Gasteiger partial charge on any atom is 0.277 e. The number of methoxy groups -OCH3 is 1. The van der Waals surface area contributed by atoms with Crippen LogP contribution in [0, 0.1) is 5.92 Å². The molecule has 0 fully saturated rings. The molecule has 0 aromatic carbocycles. The standard InChI is InChI=1S/C8H19N3O3S2/c1-6(2)7(8(9)15)11-16(12,13)10-4-5-14-3/h6-7,10-11H,4-5H2,1-3H3,(H2,9,15). The van der Waals surface area contributed by atoms with Gasteiger partial charge in [0.25, 0.3) is 10.2 Å². The normalized spacial score (nSPS) is 14.0. The number of nitrogens with one attached hydrogen (secondary N) is 2. The summed E-state index contributed by atoms with van der Waals surface area (Å²) in [6.07, 6.45) is 0. The third-order valence-electron chi connectivity index (χ3n) is 1.85. The number of hydrogen-bond donors (Lipinski definition) is 3. The van der Waals surface area contributed by atoms with Crippen molar-refractivity contribution in [3.63, 3.8) is 0 Å². The summed E-state index contributed by atoms with van der Waals surface area (Å²) in [6.45, 7) is 4.18. The molecule has 96 valence electrons. The Morgan fingerprint density at radius 3 is 2.44 bits per heavy atom. The number of rotatable bonds is 8. The van der Waals surface area contributed by atoms with E-state index in [1.54, 1.807) is 0 Å². The van der Waals surface area contributed by atoms with Crippen LogP contribution in [0.4, 0.5) is 0 Å². The molecule has 0 aliphatic rings. The minimum Gasteiger partial charge on any atom is -0.392 e. The van der Waals surface area contributed by atoms with Gasteiger partial charge in [0.1, 0.15) is 0 Å². The third-order valence-corrected chi connectivity index (χ3v) is 3.26.